The predicted molar refractivity (Wildman–Crippen MR) is 81.7 cm³/mol. The third-order valence-electron chi connectivity index (χ3n) is 2.56. The van der Waals surface area contributed by atoms with E-state index in [0.717, 1.165) is 21.0 Å². The molecular weight excluding hydrogens is 372 g/mol. The second kappa shape index (κ2) is 12.2. The molecule has 0 heterocycles. The highest BCUT2D eigenvalue weighted by atomic mass is 16.6. The van der Waals surface area contributed by atoms with Crippen molar-refractivity contribution in [2.45, 2.75) is 33.0 Å². The van der Waals surface area contributed by atoms with E-state index in [4.69, 9.17) is 0 Å². The Balaban J connectivity index is 4.14. The van der Waals surface area contributed by atoms with E-state index in [-0.39, 0.29) is 0 Å². The van der Waals surface area contributed by atoms with E-state index in [1.54, 1.807) is 0 Å². The summed E-state index contributed by atoms with van der Waals surface area (Å²) < 4.78 is 27.0. The molecule has 0 saturated heterocycles. The fourth-order valence-corrected chi connectivity index (χ4v) is 1.31. The smallest absolute Gasteiger partial charge is 0.347 e. The van der Waals surface area contributed by atoms with Crippen LogP contribution in [0.15, 0.2) is 0 Å². The molecule has 0 bridgehead atoms. The lowest BCUT2D eigenvalue weighted by atomic mass is 10.4. The van der Waals surface area contributed by atoms with E-state index >= 15 is 0 Å². The van der Waals surface area contributed by atoms with Gasteiger partial charge in [0.05, 0.1) is 7.11 Å². The quantitative estimate of drug-likeness (QED) is 0.319. The first-order chi connectivity index (χ1) is 12.6. The number of rotatable bonds is 10. The normalized spacial score (nSPS) is 12.0. The van der Waals surface area contributed by atoms with Gasteiger partial charge in [0.1, 0.15) is 0 Å². The molecule has 0 N–H and O–H groups in total. The molecule has 12 nitrogen and oxygen atoms in total. The van der Waals surface area contributed by atoms with Crippen molar-refractivity contribution in [1.29, 1.82) is 0 Å². The van der Waals surface area contributed by atoms with Crippen LogP contribution in [0.25, 0.3) is 0 Å². The van der Waals surface area contributed by atoms with Crippen LogP contribution in [-0.4, -0.2) is 75.0 Å². The van der Waals surface area contributed by atoms with E-state index in [9.17, 15) is 28.8 Å². The van der Waals surface area contributed by atoms with Crippen LogP contribution in [0.4, 0.5) is 0 Å². The third kappa shape index (κ3) is 11.1. The van der Waals surface area contributed by atoms with Crippen molar-refractivity contribution >= 4 is 35.8 Å². The SMILES string of the molecule is COC(=O)C(C)OC(=O)COC(=O)C(C)OC(=O)COC(=O)COC(C)=O. The molecule has 0 aromatic rings. The van der Waals surface area contributed by atoms with Gasteiger partial charge in [-0.25, -0.2) is 24.0 Å². The second-order valence-electron chi connectivity index (χ2n) is 4.84. The summed E-state index contributed by atoms with van der Waals surface area (Å²) in [6.07, 6.45) is -2.59. The van der Waals surface area contributed by atoms with Crippen LogP contribution in [0.2, 0.25) is 0 Å². The zero-order valence-electron chi connectivity index (χ0n) is 15.2. The van der Waals surface area contributed by atoms with Crippen molar-refractivity contribution in [2.75, 3.05) is 26.9 Å². The zero-order valence-corrected chi connectivity index (χ0v) is 15.2. The van der Waals surface area contributed by atoms with Gasteiger partial charge in [-0.1, -0.05) is 0 Å². The molecule has 0 fully saturated rings. The Hall–Kier alpha value is -3.18. The maximum Gasteiger partial charge on any atom is 0.347 e. The van der Waals surface area contributed by atoms with Crippen molar-refractivity contribution in [1.82, 2.24) is 0 Å². The van der Waals surface area contributed by atoms with Gasteiger partial charge < -0.3 is 28.4 Å². The molecule has 0 amide bonds. The minimum Gasteiger partial charge on any atom is -0.466 e. The Morgan fingerprint density at radius 2 is 1.11 bits per heavy atom. The highest BCUT2D eigenvalue weighted by Crippen LogP contribution is 1.99. The second-order valence-corrected chi connectivity index (χ2v) is 4.84. The van der Waals surface area contributed by atoms with E-state index in [1.807, 2.05) is 0 Å². The van der Waals surface area contributed by atoms with Gasteiger partial charge in [-0.15, -0.1) is 0 Å². The van der Waals surface area contributed by atoms with Crippen molar-refractivity contribution in [3.05, 3.63) is 0 Å². The molecule has 0 aromatic carbocycles. The molecule has 0 aliphatic heterocycles. The fourth-order valence-electron chi connectivity index (χ4n) is 1.31. The third-order valence-corrected chi connectivity index (χ3v) is 2.56. The van der Waals surface area contributed by atoms with Gasteiger partial charge in [-0.3, -0.25) is 4.79 Å². The van der Waals surface area contributed by atoms with Gasteiger partial charge in [0.2, 0.25) is 0 Å². The van der Waals surface area contributed by atoms with Crippen LogP contribution >= 0.6 is 0 Å². The van der Waals surface area contributed by atoms with Crippen LogP contribution in [0.1, 0.15) is 20.8 Å². The van der Waals surface area contributed by atoms with Crippen molar-refractivity contribution in [3.8, 4) is 0 Å². The highest BCUT2D eigenvalue weighted by Gasteiger charge is 2.23. The first-order valence-electron chi connectivity index (χ1n) is 7.49. The summed E-state index contributed by atoms with van der Waals surface area (Å²) in [6, 6.07) is 0. The zero-order chi connectivity index (χ0) is 21.0. The highest BCUT2D eigenvalue weighted by molar-refractivity contribution is 5.84. The summed E-state index contributed by atoms with van der Waals surface area (Å²) >= 11 is 0. The number of hydrogen-bond donors (Lipinski definition) is 0. The lowest BCUT2D eigenvalue weighted by Crippen LogP contribution is -2.32. The van der Waals surface area contributed by atoms with Crippen LogP contribution < -0.4 is 0 Å². The van der Waals surface area contributed by atoms with E-state index in [1.165, 1.54) is 6.92 Å². The number of ether oxygens (including phenoxy) is 6. The first kappa shape index (κ1) is 23.8. The Labute approximate surface area is 153 Å². The molecule has 0 radical (unpaired) electrons. The topological polar surface area (TPSA) is 158 Å². The molecule has 12 heteroatoms. The van der Waals surface area contributed by atoms with Crippen molar-refractivity contribution < 1.29 is 57.2 Å². The monoisotopic (exact) mass is 392 g/mol. The van der Waals surface area contributed by atoms with Crippen LogP contribution in [-0.2, 0) is 57.2 Å². The lowest BCUT2D eigenvalue weighted by Gasteiger charge is -2.14. The predicted octanol–water partition coefficient (Wildman–Crippen LogP) is -1.33. The molecule has 27 heavy (non-hydrogen) atoms. The van der Waals surface area contributed by atoms with Gasteiger partial charge in [0, 0.05) is 6.92 Å². The van der Waals surface area contributed by atoms with Gasteiger partial charge in [-0.05, 0) is 13.8 Å². The minimum atomic E-state index is -1.41. The Bertz CT molecular complexity index is 581. The Morgan fingerprint density at radius 3 is 1.59 bits per heavy atom. The van der Waals surface area contributed by atoms with E-state index < -0.39 is 67.8 Å². The molecule has 2 atom stereocenters. The summed E-state index contributed by atoms with van der Waals surface area (Å²) in [6.45, 7) is 1.19. The Kier molecular flexibility index (Phi) is 10.8. The van der Waals surface area contributed by atoms with E-state index in [0.29, 0.717) is 0 Å². The molecule has 0 rings (SSSR count). The molecule has 0 aromatic heterocycles. The molecule has 0 spiro atoms. The molecule has 2 unspecified atom stereocenters. The maximum atomic E-state index is 11.6. The van der Waals surface area contributed by atoms with Gasteiger partial charge in [0.25, 0.3) is 0 Å². The summed E-state index contributed by atoms with van der Waals surface area (Å²) in [5.74, 6) is -5.64. The molecule has 0 aliphatic rings. The molecule has 0 saturated carbocycles. The summed E-state index contributed by atoms with van der Waals surface area (Å²) in [5.41, 5.74) is 0. The number of carbonyl (C=O) groups excluding carboxylic acids is 6. The first-order valence-corrected chi connectivity index (χ1v) is 7.49. The summed E-state index contributed by atoms with van der Waals surface area (Å²) in [5, 5.41) is 0. The molecule has 0 aliphatic carbocycles. The number of hydrogen-bond acceptors (Lipinski definition) is 12. The average molecular weight is 392 g/mol. The van der Waals surface area contributed by atoms with Crippen LogP contribution in [0, 0.1) is 0 Å². The molecule has 152 valence electrons. The maximum absolute atomic E-state index is 11.6. The van der Waals surface area contributed by atoms with Crippen LogP contribution in [0.3, 0.4) is 0 Å². The largest absolute Gasteiger partial charge is 0.466 e. The van der Waals surface area contributed by atoms with Crippen LogP contribution in [0.5, 0.6) is 0 Å². The minimum absolute atomic E-state index is 0.674. The summed E-state index contributed by atoms with van der Waals surface area (Å²) in [7, 11) is 1.11. The fraction of sp³-hybridized carbons (Fsp3) is 0.600. The van der Waals surface area contributed by atoms with Gasteiger partial charge in [0.15, 0.2) is 32.0 Å². The van der Waals surface area contributed by atoms with Crippen molar-refractivity contribution in [3.63, 3.8) is 0 Å². The average Bonchev–Trinajstić information content (AvgIpc) is 2.61. The number of carbonyl (C=O) groups is 6. The number of methoxy groups -OCH3 is 1. The van der Waals surface area contributed by atoms with Gasteiger partial charge >= 0.3 is 35.8 Å². The van der Waals surface area contributed by atoms with Gasteiger partial charge in [-0.2, -0.15) is 0 Å². The van der Waals surface area contributed by atoms with E-state index in [2.05, 4.69) is 28.4 Å². The molecular formula is C15H20O12. The Morgan fingerprint density at radius 1 is 0.667 bits per heavy atom. The summed E-state index contributed by atoms with van der Waals surface area (Å²) in [4.78, 5) is 67.1. The van der Waals surface area contributed by atoms with Crippen molar-refractivity contribution in [2.24, 2.45) is 0 Å². The standard InChI is InChI=1S/C15H20O12/c1-8(14(20)22-4)26-13(19)7-25-15(21)9(2)27-12(18)6-24-11(17)5-23-10(3)16/h8-9H,5-7H2,1-4H3. The number of esters is 6. The lowest BCUT2D eigenvalue weighted by molar-refractivity contribution is -0.177.